The van der Waals surface area contributed by atoms with E-state index in [4.69, 9.17) is 29.7 Å². The minimum absolute atomic E-state index is 0.0102. The number of benzene rings is 6. The maximum Gasteiger partial charge on any atom is 0.165 e. The molecule has 0 N–H and O–H groups in total. The third kappa shape index (κ3) is 5.33. The summed E-state index contributed by atoms with van der Waals surface area (Å²) in [6, 6.07) is 48.4. The third-order valence-corrected chi connectivity index (χ3v) is 13.3. The zero-order valence-corrected chi connectivity index (χ0v) is 31.8. The van der Waals surface area contributed by atoms with Crippen LogP contribution in [0.25, 0.3) is 97.3 Å². The first kappa shape index (κ1) is 32.4. The molecule has 6 aromatic carbocycles. The second-order valence-electron chi connectivity index (χ2n) is 14.3. The molecule has 0 saturated heterocycles. The molecule has 2 atom stereocenters. The lowest BCUT2D eigenvalue weighted by Crippen LogP contribution is -2.15. The van der Waals surface area contributed by atoms with Crippen molar-refractivity contribution in [3.8, 4) is 62.6 Å². The van der Waals surface area contributed by atoms with Crippen molar-refractivity contribution in [1.82, 2.24) is 24.9 Å². The van der Waals surface area contributed by atoms with Crippen molar-refractivity contribution in [2.24, 2.45) is 0 Å². The van der Waals surface area contributed by atoms with Crippen LogP contribution in [0.3, 0.4) is 0 Å². The van der Waals surface area contributed by atoms with E-state index in [1.165, 1.54) is 15.6 Å². The number of aromatic nitrogens is 5. The average molecular weight is 768 g/mol. The van der Waals surface area contributed by atoms with Gasteiger partial charge < -0.3 is 4.74 Å². The summed E-state index contributed by atoms with van der Waals surface area (Å²) >= 11 is 3.49. The topological polar surface area (TPSA) is 73.7 Å². The third-order valence-electron chi connectivity index (χ3n) is 10.9. The predicted molar refractivity (Wildman–Crippen MR) is 234 cm³/mol. The van der Waals surface area contributed by atoms with Gasteiger partial charge in [0, 0.05) is 69.6 Å². The van der Waals surface area contributed by atoms with Crippen LogP contribution in [0.1, 0.15) is 11.5 Å². The highest BCUT2D eigenvalue weighted by Crippen LogP contribution is 2.45. The lowest BCUT2D eigenvalue weighted by atomic mass is 9.91. The summed E-state index contributed by atoms with van der Waals surface area (Å²) in [7, 11) is 0. The second-order valence-corrected chi connectivity index (χ2v) is 16.4. The van der Waals surface area contributed by atoms with Gasteiger partial charge in [-0.15, -0.1) is 22.7 Å². The second kappa shape index (κ2) is 12.8. The number of thiophene rings is 2. The number of nitrogens with zero attached hydrogens (tertiary/aromatic N) is 5. The maximum absolute atomic E-state index is 6.38. The smallest absolute Gasteiger partial charge is 0.165 e. The van der Waals surface area contributed by atoms with Gasteiger partial charge in [-0.25, -0.2) is 24.9 Å². The molecule has 268 valence electrons. The summed E-state index contributed by atoms with van der Waals surface area (Å²) in [5.74, 6) is 3.66. The molecule has 4 aromatic heterocycles. The number of rotatable bonds is 5. The molecule has 57 heavy (non-hydrogen) atoms. The van der Waals surface area contributed by atoms with Gasteiger partial charge in [0.15, 0.2) is 23.3 Å². The monoisotopic (exact) mass is 767 g/mol. The Balaban J connectivity index is 1.00. The van der Waals surface area contributed by atoms with Crippen LogP contribution in [0, 0.1) is 0 Å². The summed E-state index contributed by atoms with van der Waals surface area (Å²) in [5.41, 5.74) is 7.96. The van der Waals surface area contributed by atoms with E-state index in [0.29, 0.717) is 23.3 Å². The van der Waals surface area contributed by atoms with E-state index >= 15 is 0 Å². The number of hydrogen-bond acceptors (Lipinski definition) is 8. The molecule has 2 unspecified atom stereocenters. The molecule has 0 fully saturated rings. The van der Waals surface area contributed by atoms with Gasteiger partial charge in [0.2, 0.25) is 0 Å². The first-order chi connectivity index (χ1) is 28.2. The van der Waals surface area contributed by atoms with Gasteiger partial charge in [0.05, 0.1) is 15.9 Å². The molecule has 2 aliphatic rings. The highest BCUT2D eigenvalue weighted by Gasteiger charge is 2.32. The first-order valence-electron chi connectivity index (χ1n) is 18.9. The van der Waals surface area contributed by atoms with E-state index in [1.807, 2.05) is 36.4 Å². The van der Waals surface area contributed by atoms with Crippen LogP contribution in [0.15, 0.2) is 164 Å². The van der Waals surface area contributed by atoms with Gasteiger partial charge in [-0.05, 0) is 30.3 Å². The van der Waals surface area contributed by atoms with Crippen molar-refractivity contribution in [2.45, 2.75) is 12.0 Å². The van der Waals surface area contributed by atoms with Crippen molar-refractivity contribution in [2.75, 3.05) is 0 Å². The van der Waals surface area contributed by atoms with E-state index in [-0.39, 0.29) is 12.0 Å². The fourth-order valence-corrected chi connectivity index (χ4v) is 10.5. The maximum atomic E-state index is 6.38. The van der Waals surface area contributed by atoms with E-state index in [1.54, 1.807) is 22.7 Å². The van der Waals surface area contributed by atoms with Gasteiger partial charge in [-0.1, -0.05) is 133 Å². The zero-order valence-electron chi connectivity index (χ0n) is 30.2. The van der Waals surface area contributed by atoms with E-state index in [2.05, 4.69) is 127 Å². The van der Waals surface area contributed by atoms with Crippen LogP contribution >= 0.6 is 22.7 Å². The molecule has 0 spiro atoms. The minimum Gasteiger partial charge on any atom is -0.485 e. The molecule has 8 heteroatoms. The van der Waals surface area contributed by atoms with E-state index in [0.717, 1.165) is 69.6 Å². The number of allylic oxidation sites excluding steroid dienone is 2. The van der Waals surface area contributed by atoms with Gasteiger partial charge in [0.1, 0.15) is 11.9 Å². The van der Waals surface area contributed by atoms with Gasteiger partial charge in [0.25, 0.3) is 0 Å². The lowest BCUT2D eigenvalue weighted by molar-refractivity contribution is 0.269. The molecular formula is C49H29N5OS2. The highest BCUT2D eigenvalue weighted by molar-refractivity contribution is 7.26. The number of hydrogen-bond donors (Lipinski definition) is 0. The van der Waals surface area contributed by atoms with E-state index < -0.39 is 0 Å². The predicted octanol–water partition coefficient (Wildman–Crippen LogP) is 12.7. The standard InChI is InChI=1S/C49H29N5OS2/c1-3-12-28(13-4-1)42-45-43(36-17-8-10-21-40(36)56-45)51-47(50-42)31-23-25-34-35-18-11-19-37(44(35)57-41(34)27-31)49-53-46(29-14-5-2-6-15-29)52-48(54-49)30-22-24-33-32-16-7-9-20-38(32)55-39(33)26-30/h1-27,32,38H. The van der Waals surface area contributed by atoms with Gasteiger partial charge in [-0.2, -0.15) is 0 Å². The molecule has 0 amide bonds. The van der Waals surface area contributed by atoms with Crippen molar-refractivity contribution < 1.29 is 4.74 Å². The van der Waals surface area contributed by atoms with Crippen LogP contribution in [0.4, 0.5) is 0 Å². The molecule has 1 aliphatic heterocycles. The first-order valence-corrected chi connectivity index (χ1v) is 20.5. The Morgan fingerprint density at radius 3 is 2.02 bits per heavy atom. The normalized spacial score (nSPS) is 15.7. The lowest BCUT2D eigenvalue weighted by Gasteiger charge is -2.13. The van der Waals surface area contributed by atoms with Crippen LogP contribution in [-0.2, 0) is 0 Å². The molecule has 0 bridgehead atoms. The Bertz CT molecular complexity index is 3300. The summed E-state index contributed by atoms with van der Waals surface area (Å²) in [5, 5.41) is 3.48. The van der Waals surface area contributed by atoms with Gasteiger partial charge >= 0.3 is 0 Å². The van der Waals surface area contributed by atoms with Crippen molar-refractivity contribution >= 4 is 63.1 Å². The SMILES string of the molecule is C1=CC2Oc3cc(-c4nc(-c5ccccc5)nc(-c5cccc6c5sc5cc(-c7nc(-c8ccccc8)c8sc9ccccc9c8n7)ccc56)n4)ccc3C2C=C1. The molecular weight excluding hydrogens is 739 g/mol. The molecule has 1 aliphatic carbocycles. The molecule has 0 radical (unpaired) electrons. The minimum atomic E-state index is 0.0102. The van der Waals surface area contributed by atoms with E-state index in [9.17, 15) is 0 Å². The van der Waals surface area contributed by atoms with Crippen molar-refractivity contribution in [3.63, 3.8) is 0 Å². The Kier molecular flexibility index (Phi) is 7.30. The summed E-state index contributed by atoms with van der Waals surface area (Å²) < 4.78 is 11.0. The highest BCUT2D eigenvalue weighted by atomic mass is 32.1. The largest absolute Gasteiger partial charge is 0.485 e. The summed E-state index contributed by atoms with van der Waals surface area (Å²) in [4.78, 5) is 25.8. The summed E-state index contributed by atoms with van der Waals surface area (Å²) in [6.45, 7) is 0. The van der Waals surface area contributed by atoms with Crippen molar-refractivity contribution in [3.05, 3.63) is 169 Å². The average Bonchev–Trinajstić information content (AvgIpc) is 3.97. The van der Waals surface area contributed by atoms with Crippen molar-refractivity contribution in [1.29, 1.82) is 0 Å². The Morgan fingerprint density at radius 2 is 1.14 bits per heavy atom. The number of ether oxygens (including phenoxy) is 1. The molecule has 12 rings (SSSR count). The van der Waals surface area contributed by atoms with Crippen LogP contribution in [0.2, 0.25) is 0 Å². The van der Waals surface area contributed by atoms with Gasteiger partial charge in [-0.3, -0.25) is 0 Å². The Hall–Kier alpha value is -6.87. The Morgan fingerprint density at radius 1 is 0.456 bits per heavy atom. The molecule has 10 aromatic rings. The fraction of sp³-hybridized carbons (Fsp3) is 0.0408. The van der Waals surface area contributed by atoms with Crippen LogP contribution in [0.5, 0.6) is 5.75 Å². The molecule has 6 nitrogen and oxygen atoms in total. The quantitative estimate of drug-likeness (QED) is 0.174. The molecule has 0 saturated carbocycles. The van der Waals surface area contributed by atoms with Crippen LogP contribution < -0.4 is 4.74 Å². The van der Waals surface area contributed by atoms with Crippen LogP contribution in [-0.4, -0.2) is 31.0 Å². The zero-order chi connectivity index (χ0) is 37.5. The fourth-order valence-electron chi connectivity index (χ4n) is 8.14. The summed E-state index contributed by atoms with van der Waals surface area (Å²) in [6.07, 6.45) is 8.48. The number of fused-ring (bicyclic) bond motifs is 9. The Labute approximate surface area is 335 Å². The molecule has 5 heterocycles.